The average Bonchev–Trinajstić information content (AvgIpc) is 3.49. The number of carbonyl (C=O) groups excluding carboxylic acids is 2. The van der Waals surface area contributed by atoms with Gasteiger partial charge in [-0.1, -0.05) is 12.8 Å². The molecule has 1 aliphatic rings. The van der Waals surface area contributed by atoms with Crippen LogP contribution < -0.4 is 36.9 Å². The van der Waals surface area contributed by atoms with Gasteiger partial charge in [0.25, 0.3) is 11.8 Å². The van der Waals surface area contributed by atoms with Gasteiger partial charge >= 0.3 is 0 Å². The van der Waals surface area contributed by atoms with Crippen LogP contribution in [0.25, 0.3) is 11.0 Å². The molecule has 0 bridgehead atoms. The predicted molar refractivity (Wildman–Crippen MR) is 179 cm³/mol. The maximum absolute atomic E-state index is 11.7. The van der Waals surface area contributed by atoms with E-state index in [2.05, 4.69) is 35.9 Å². The fraction of sp³-hybridized carbons (Fsp3) is 0.242. The van der Waals surface area contributed by atoms with Gasteiger partial charge in [-0.25, -0.2) is 4.98 Å². The highest BCUT2D eigenvalue weighted by Crippen LogP contribution is 2.28. The molecule has 1 saturated carbocycles. The SMILES string of the molecule is CNC(=O)c1cc(Oc2ccc(N)c(N)c2)ccn1.CNC(=O)c1cc(Oc2ccc3nc(N[C@@H]4CCCC[C@H]4O)[nH]c3c2)ccn1. The summed E-state index contributed by atoms with van der Waals surface area (Å²) >= 11 is 0. The van der Waals surface area contributed by atoms with Crippen molar-refractivity contribution >= 4 is 40.2 Å². The number of ether oxygens (including phenoxy) is 2. The fourth-order valence-corrected chi connectivity index (χ4v) is 4.92. The number of rotatable bonds is 8. The third-order valence-electron chi connectivity index (χ3n) is 7.42. The van der Waals surface area contributed by atoms with Crippen LogP contribution in [0.2, 0.25) is 0 Å². The highest BCUT2D eigenvalue weighted by atomic mass is 16.5. The van der Waals surface area contributed by atoms with Crippen LogP contribution in [-0.2, 0) is 0 Å². The Balaban J connectivity index is 0.000000199. The van der Waals surface area contributed by atoms with Gasteiger partial charge in [-0.3, -0.25) is 19.6 Å². The highest BCUT2D eigenvalue weighted by molar-refractivity contribution is 5.92. The lowest BCUT2D eigenvalue weighted by atomic mass is 9.93. The Morgan fingerprint density at radius 2 is 1.36 bits per heavy atom. The Labute approximate surface area is 270 Å². The number of nitrogens with one attached hydrogen (secondary N) is 4. The predicted octanol–water partition coefficient (Wildman–Crippen LogP) is 4.22. The number of aliphatic hydroxyl groups excluding tert-OH is 1. The van der Waals surface area contributed by atoms with Crippen molar-refractivity contribution < 1.29 is 24.2 Å². The molecule has 9 N–H and O–H groups in total. The van der Waals surface area contributed by atoms with Crippen LogP contribution in [0.5, 0.6) is 23.0 Å². The van der Waals surface area contributed by atoms with E-state index in [0.29, 0.717) is 46.0 Å². The molecule has 6 rings (SSSR count). The monoisotopic (exact) mass is 639 g/mol. The van der Waals surface area contributed by atoms with E-state index in [9.17, 15) is 14.7 Å². The van der Waals surface area contributed by atoms with E-state index in [-0.39, 0.29) is 29.7 Å². The number of fused-ring (bicyclic) bond motifs is 1. The maximum atomic E-state index is 11.7. The molecule has 14 nitrogen and oxygen atoms in total. The summed E-state index contributed by atoms with van der Waals surface area (Å²) in [7, 11) is 3.10. The first-order valence-electron chi connectivity index (χ1n) is 15.0. The van der Waals surface area contributed by atoms with E-state index < -0.39 is 0 Å². The minimum Gasteiger partial charge on any atom is -0.457 e. The molecule has 0 saturated heterocycles. The summed E-state index contributed by atoms with van der Waals surface area (Å²) in [6.07, 6.45) is 6.62. The number of nitrogens with two attached hydrogens (primary N) is 2. The largest absolute Gasteiger partial charge is 0.457 e. The molecule has 2 aromatic carbocycles. The summed E-state index contributed by atoms with van der Waals surface area (Å²) in [6, 6.07) is 17.0. The number of carbonyl (C=O) groups is 2. The summed E-state index contributed by atoms with van der Waals surface area (Å²) in [4.78, 5) is 38.9. The van der Waals surface area contributed by atoms with Gasteiger partial charge in [0.2, 0.25) is 5.95 Å². The Morgan fingerprint density at radius 3 is 1.96 bits per heavy atom. The molecule has 2 amide bonds. The molecule has 47 heavy (non-hydrogen) atoms. The van der Waals surface area contributed by atoms with Crippen molar-refractivity contribution in [2.24, 2.45) is 0 Å². The molecule has 1 fully saturated rings. The van der Waals surface area contributed by atoms with Gasteiger partial charge in [0.05, 0.1) is 34.6 Å². The molecule has 0 spiro atoms. The molecule has 1 aliphatic carbocycles. The lowest BCUT2D eigenvalue weighted by Gasteiger charge is -2.28. The number of nitrogens with zero attached hydrogens (tertiary/aromatic N) is 3. The number of nitrogen functional groups attached to an aromatic ring is 2. The van der Waals surface area contributed by atoms with Crippen molar-refractivity contribution in [2.75, 3.05) is 30.9 Å². The lowest BCUT2D eigenvalue weighted by Crippen LogP contribution is -2.36. The number of amides is 2. The molecular weight excluding hydrogens is 602 g/mol. The number of H-pyrrole nitrogens is 1. The molecule has 3 aromatic heterocycles. The van der Waals surface area contributed by atoms with E-state index in [1.807, 2.05) is 18.2 Å². The van der Waals surface area contributed by atoms with Gasteiger partial charge in [-0.2, -0.15) is 0 Å². The van der Waals surface area contributed by atoms with Crippen LogP contribution in [0.4, 0.5) is 17.3 Å². The van der Waals surface area contributed by atoms with Gasteiger partial charge in [-0.05, 0) is 49.2 Å². The zero-order valence-corrected chi connectivity index (χ0v) is 26.0. The number of anilines is 3. The molecule has 14 heteroatoms. The number of pyridine rings is 2. The van der Waals surface area contributed by atoms with Crippen molar-refractivity contribution in [3.63, 3.8) is 0 Å². The topological polar surface area (TPSA) is 215 Å². The average molecular weight is 640 g/mol. The van der Waals surface area contributed by atoms with E-state index in [0.717, 1.165) is 36.7 Å². The Morgan fingerprint density at radius 1 is 0.787 bits per heavy atom. The molecule has 5 aromatic rings. The number of hydrogen-bond acceptors (Lipinski definition) is 11. The summed E-state index contributed by atoms with van der Waals surface area (Å²) in [5, 5.41) is 18.5. The first kappa shape index (κ1) is 32.5. The minimum absolute atomic E-state index is 0.0185. The Bertz CT molecular complexity index is 1860. The van der Waals surface area contributed by atoms with Crippen molar-refractivity contribution in [1.29, 1.82) is 0 Å². The number of benzene rings is 2. The molecule has 0 radical (unpaired) electrons. The first-order chi connectivity index (χ1) is 22.7. The van der Waals surface area contributed by atoms with Crippen molar-refractivity contribution in [3.8, 4) is 23.0 Å². The lowest BCUT2D eigenvalue weighted by molar-refractivity contribution is 0.0950. The fourth-order valence-electron chi connectivity index (χ4n) is 4.92. The summed E-state index contributed by atoms with van der Waals surface area (Å²) in [5.41, 5.74) is 14.5. The van der Waals surface area contributed by atoms with Crippen molar-refractivity contribution in [1.82, 2.24) is 30.6 Å². The van der Waals surface area contributed by atoms with E-state index in [4.69, 9.17) is 20.9 Å². The van der Waals surface area contributed by atoms with Crippen LogP contribution >= 0.6 is 0 Å². The van der Waals surface area contributed by atoms with Gasteiger partial charge in [-0.15, -0.1) is 0 Å². The van der Waals surface area contributed by atoms with Crippen LogP contribution in [0.1, 0.15) is 46.7 Å². The van der Waals surface area contributed by atoms with Gasteiger partial charge in [0.15, 0.2) is 0 Å². The van der Waals surface area contributed by atoms with Crippen LogP contribution in [0.3, 0.4) is 0 Å². The molecule has 0 unspecified atom stereocenters. The molecule has 244 valence electrons. The quantitative estimate of drug-likeness (QED) is 0.119. The smallest absolute Gasteiger partial charge is 0.269 e. The van der Waals surface area contributed by atoms with Crippen molar-refractivity contribution in [2.45, 2.75) is 37.8 Å². The third kappa shape index (κ3) is 8.43. The molecule has 3 heterocycles. The standard InChI is InChI=1S/C20H23N5O3.C13H14N4O2/c1-21-19(27)17-11-13(8-9-22-17)28-12-6-7-14-16(10-12)25-20(23-14)24-15-4-2-3-5-18(15)26;1-16-13(18)12-7-9(4-5-17-12)19-8-2-3-10(14)11(15)6-8/h6-11,15,18,26H,2-5H2,1H3,(H,21,27)(H2,23,24,25);2-7H,14-15H2,1H3,(H,16,18)/t15-,18-;/m1./s1. The van der Waals surface area contributed by atoms with Crippen LogP contribution in [0, 0.1) is 0 Å². The summed E-state index contributed by atoms with van der Waals surface area (Å²) < 4.78 is 11.5. The number of imidazole rings is 1. The van der Waals surface area contributed by atoms with E-state index in [1.165, 1.54) is 19.4 Å². The number of aromatic nitrogens is 4. The zero-order chi connectivity index (χ0) is 33.3. The number of aliphatic hydroxyl groups is 1. The minimum atomic E-state index is -0.345. The third-order valence-corrected chi connectivity index (χ3v) is 7.42. The van der Waals surface area contributed by atoms with Crippen molar-refractivity contribution in [3.05, 3.63) is 84.4 Å². The summed E-state index contributed by atoms with van der Waals surface area (Å²) in [5.74, 6) is 2.28. The maximum Gasteiger partial charge on any atom is 0.269 e. The molecule has 2 atom stereocenters. The second-order valence-corrected chi connectivity index (χ2v) is 10.8. The number of hydrogen-bond donors (Lipinski definition) is 7. The first-order valence-corrected chi connectivity index (χ1v) is 15.0. The summed E-state index contributed by atoms with van der Waals surface area (Å²) in [6.45, 7) is 0. The van der Waals surface area contributed by atoms with Gasteiger partial charge < -0.3 is 47.0 Å². The van der Waals surface area contributed by atoms with E-state index >= 15 is 0 Å². The zero-order valence-electron chi connectivity index (χ0n) is 26.0. The van der Waals surface area contributed by atoms with Crippen LogP contribution in [0.15, 0.2) is 73.1 Å². The van der Waals surface area contributed by atoms with Crippen LogP contribution in [-0.4, -0.2) is 63.1 Å². The second-order valence-electron chi connectivity index (χ2n) is 10.8. The molecular formula is C33H37N9O5. The Hall–Kier alpha value is -5.89. The Kier molecular flexibility index (Phi) is 10.3. The molecule has 0 aliphatic heterocycles. The van der Waals surface area contributed by atoms with E-state index in [1.54, 1.807) is 49.5 Å². The normalized spacial score (nSPS) is 15.6. The highest BCUT2D eigenvalue weighted by Gasteiger charge is 2.23. The van der Waals surface area contributed by atoms with Gasteiger partial charge in [0, 0.05) is 50.8 Å². The van der Waals surface area contributed by atoms with Gasteiger partial charge in [0.1, 0.15) is 34.4 Å². The number of aromatic amines is 1. The second kappa shape index (κ2) is 14.9.